The van der Waals surface area contributed by atoms with Gasteiger partial charge in [0.1, 0.15) is 11.6 Å². The second-order valence-electron chi connectivity index (χ2n) is 6.97. The van der Waals surface area contributed by atoms with E-state index in [4.69, 9.17) is 0 Å². The summed E-state index contributed by atoms with van der Waals surface area (Å²) in [4.78, 5) is 14.4. The predicted molar refractivity (Wildman–Crippen MR) is 101 cm³/mol. The van der Waals surface area contributed by atoms with Gasteiger partial charge in [-0.1, -0.05) is 24.3 Å². The number of piperidine rings is 1. The highest BCUT2D eigenvalue weighted by Gasteiger charge is 2.21. The Morgan fingerprint density at radius 2 is 1.92 bits per heavy atom. The maximum absolute atomic E-state index is 12.9. The summed E-state index contributed by atoms with van der Waals surface area (Å²) >= 11 is 0. The third-order valence-electron chi connectivity index (χ3n) is 5.12. The van der Waals surface area contributed by atoms with Crippen LogP contribution in [0.1, 0.15) is 31.2 Å². The van der Waals surface area contributed by atoms with Crippen molar-refractivity contribution in [1.82, 2.24) is 19.2 Å². The van der Waals surface area contributed by atoms with Crippen molar-refractivity contribution in [2.75, 3.05) is 19.6 Å². The van der Waals surface area contributed by atoms with E-state index < -0.39 is 0 Å². The van der Waals surface area contributed by atoms with E-state index in [9.17, 15) is 9.18 Å². The van der Waals surface area contributed by atoms with Crippen molar-refractivity contribution < 1.29 is 4.39 Å². The molecule has 2 aromatic rings. The van der Waals surface area contributed by atoms with Crippen molar-refractivity contribution in [3.63, 3.8) is 0 Å². The average molecular weight is 358 g/mol. The summed E-state index contributed by atoms with van der Waals surface area (Å²) in [6, 6.07) is 6.55. The van der Waals surface area contributed by atoms with Crippen molar-refractivity contribution in [2.24, 2.45) is 13.0 Å². The first-order chi connectivity index (χ1) is 12.6. The Morgan fingerprint density at radius 3 is 2.58 bits per heavy atom. The van der Waals surface area contributed by atoms with Crippen molar-refractivity contribution in [3.8, 4) is 0 Å². The van der Waals surface area contributed by atoms with Crippen LogP contribution in [0.5, 0.6) is 0 Å². The van der Waals surface area contributed by atoms with Crippen LogP contribution in [-0.2, 0) is 20.0 Å². The molecule has 5 nitrogen and oxygen atoms in total. The summed E-state index contributed by atoms with van der Waals surface area (Å²) in [5.41, 5.74) is 1.000. The summed E-state index contributed by atoms with van der Waals surface area (Å²) < 4.78 is 16.1. The molecule has 2 heterocycles. The summed E-state index contributed by atoms with van der Waals surface area (Å²) in [6.45, 7) is 5.69. The molecular weight excluding hydrogens is 331 g/mol. The molecule has 26 heavy (non-hydrogen) atoms. The number of hydrogen-bond acceptors (Lipinski definition) is 3. The van der Waals surface area contributed by atoms with Crippen LogP contribution in [0.3, 0.4) is 0 Å². The van der Waals surface area contributed by atoms with Gasteiger partial charge in [0.25, 0.3) is 0 Å². The third-order valence-corrected chi connectivity index (χ3v) is 5.12. The van der Waals surface area contributed by atoms with Crippen LogP contribution in [0.15, 0.2) is 35.1 Å². The fourth-order valence-electron chi connectivity index (χ4n) is 3.57. The summed E-state index contributed by atoms with van der Waals surface area (Å²) in [5, 5.41) is 4.40. The van der Waals surface area contributed by atoms with Gasteiger partial charge in [0.05, 0.1) is 0 Å². The first-order valence-electron chi connectivity index (χ1n) is 9.34. The quantitative estimate of drug-likeness (QED) is 0.797. The van der Waals surface area contributed by atoms with E-state index in [0.717, 1.165) is 50.3 Å². The lowest BCUT2D eigenvalue weighted by molar-refractivity contribution is 0.198. The fraction of sp³-hybridized carbons (Fsp3) is 0.500. The Bertz CT molecular complexity index is 798. The molecular formula is C20H27FN4O. The van der Waals surface area contributed by atoms with Crippen molar-refractivity contribution in [2.45, 2.75) is 32.7 Å². The third kappa shape index (κ3) is 4.49. The van der Waals surface area contributed by atoms with Crippen LogP contribution in [-0.4, -0.2) is 38.9 Å². The molecule has 6 heteroatoms. The molecule has 0 spiro atoms. The van der Waals surface area contributed by atoms with Gasteiger partial charge in [-0.15, -0.1) is 0 Å². The molecule has 0 saturated carbocycles. The van der Waals surface area contributed by atoms with E-state index in [2.05, 4.69) is 16.1 Å². The minimum Gasteiger partial charge on any atom is -0.300 e. The molecule has 1 aliphatic rings. The van der Waals surface area contributed by atoms with Crippen molar-refractivity contribution >= 4 is 6.08 Å². The predicted octanol–water partition coefficient (Wildman–Crippen LogP) is 2.71. The van der Waals surface area contributed by atoms with Gasteiger partial charge in [-0.2, -0.15) is 5.10 Å². The highest BCUT2D eigenvalue weighted by atomic mass is 19.1. The van der Waals surface area contributed by atoms with Crippen LogP contribution in [0.2, 0.25) is 0 Å². The van der Waals surface area contributed by atoms with Gasteiger partial charge in [-0.3, -0.25) is 9.47 Å². The van der Waals surface area contributed by atoms with Gasteiger partial charge < -0.3 is 0 Å². The van der Waals surface area contributed by atoms with Crippen molar-refractivity contribution in [3.05, 3.63) is 58.0 Å². The van der Waals surface area contributed by atoms with Gasteiger partial charge >= 0.3 is 5.69 Å². The molecule has 1 aromatic heterocycles. The van der Waals surface area contributed by atoms with E-state index in [0.29, 0.717) is 12.5 Å². The van der Waals surface area contributed by atoms with Gasteiger partial charge in [0.15, 0.2) is 0 Å². The van der Waals surface area contributed by atoms with E-state index >= 15 is 0 Å². The van der Waals surface area contributed by atoms with Crippen LogP contribution in [0.4, 0.5) is 4.39 Å². The number of hydrogen-bond donors (Lipinski definition) is 0. The van der Waals surface area contributed by atoms with Crippen molar-refractivity contribution in [1.29, 1.82) is 0 Å². The van der Waals surface area contributed by atoms with Crippen LogP contribution >= 0.6 is 0 Å². The Labute approximate surface area is 153 Å². The number of aromatic nitrogens is 3. The fourth-order valence-corrected chi connectivity index (χ4v) is 3.57. The topological polar surface area (TPSA) is 43.1 Å². The maximum atomic E-state index is 12.9. The number of halogens is 1. The zero-order chi connectivity index (χ0) is 18.5. The summed E-state index contributed by atoms with van der Waals surface area (Å²) in [5.74, 6) is 1.29. The van der Waals surface area contributed by atoms with Gasteiger partial charge in [0.2, 0.25) is 0 Å². The van der Waals surface area contributed by atoms with Crippen LogP contribution in [0.25, 0.3) is 6.08 Å². The lowest BCUT2D eigenvalue weighted by atomic mass is 9.93. The SMILES string of the molecule is CCn1c(CC2CCN(C/C=C/c3ccc(F)cc3)CC2)nn(C)c1=O. The molecule has 0 bridgehead atoms. The van der Waals surface area contributed by atoms with E-state index in [1.807, 2.05) is 13.0 Å². The Kier molecular flexibility index (Phi) is 6.04. The molecule has 1 aromatic carbocycles. The van der Waals surface area contributed by atoms with Crippen LogP contribution < -0.4 is 5.69 Å². The second-order valence-corrected chi connectivity index (χ2v) is 6.97. The maximum Gasteiger partial charge on any atom is 0.345 e. The summed E-state index contributed by atoms with van der Waals surface area (Å²) in [6.07, 6.45) is 7.31. The van der Waals surface area contributed by atoms with E-state index in [1.165, 1.54) is 16.8 Å². The number of aryl methyl sites for hydroxylation is 1. The highest BCUT2D eigenvalue weighted by Crippen LogP contribution is 2.20. The van der Waals surface area contributed by atoms with Gasteiger partial charge in [-0.05, 0) is 56.5 Å². The number of benzene rings is 1. The highest BCUT2D eigenvalue weighted by molar-refractivity contribution is 5.48. The number of likely N-dealkylation sites (tertiary alicyclic amines) is 1. The molecule has 140 valence electrons. The molecule has 0 atom stereocenters. The second kappa shape index (κ2) is 8.45. The molecule has 1 fully saturated rings. The summed E-state index contributed by atoms with van der Waals surface area (Å²) in [7, 11) is 1.72. The molecule has 0 unspecified atom stereocenters. The zero-order valence-electron chi connectivity index (χ0n) is 15.6. The van der Waals surface area contributed by atoms with Gasteiger partial charge in [0, 0.05) is 26.6 Å². The lowest BCUT2D eigenvalue weighted by Gasteiger charge is -2.31. The van der Waals surface area contributed by atoms with Gasteiger partial charge in [-0.25, -0.2) is 13.9 Å². The smallest absolute Gasteiger partial charge is 0.300 e. The molecule has 0 aliphatic carbocycles. The van der Waals surface area contributed by atoms with E-state index in [1.54, 1.807) is 23.7 Å². The first-order valence-corrected chi connectivity index (χ1v) is 9.34. The molecule has 3 rings (SSSR count). The Hall–Kier alpha value is -2.21. The molecule has 0 N–H and O–H groups in total. The monoisotopic (exact) mass is 358 g/mol. The number of rotatable bonds is 6. The minimum atomic E-state index is -0.203. The normalized spacial score (nSPS) is 16.6. The molecule has 1 saturated heterocycles. The zero-order valence-corrected chi connectivity index (χ0v) is 15.6. The standard InChI is InChI=1S/C20H27FN4O/c1-3-25-19(22-23(2)20(25)26)15-17-10-13-24(14-11-17)12-4-5-16-6-8-18(21)9-7-16/h4-9,17H,3,10-15H2,1-2H3/b5-4+. The van der Waals surface area contributed by atoms with E-state index in [-0.39, 0.29) is 11.5 Å². The lowest BCUT2D eigenvalue weighted by Crippen LogP contribution is -2.34. The largest absolute Gasteiger partial charge is 0.345 e. The first kappa shape index (κ1) is 18.6. The minimum absolute atomic E-state index is 0.0223. The molecule has 1 aliphatic heterocycles. The Balaban J connectivity index is 1.48. The average Bonchev–Trinajstić information content (AvgIpc) is 2.91. The molecule has 0 radical (unpaired) electrons. The van der Waals surface area contributed by atoms with Crippen LogP contribution in [0, 0.1) is 11.7 Å². The Morgan fingerprint density at radius 1 is 1.23 bits per heavy atom. The number of nitrogens with zero attached hydrogens (tertiary/aromatic N) is 4. The molecule has 0 amide bonds.